The van der Waals surface area contributed by atoms with Crippen molar-refractivity contribution in [2.45, 2.75) is 39.0 Å². The molecule has 112 valence electrons. The van der Waals surface area contributed by atoms with Gasteiger partial charge in [-0.3, -0.25) is 4.79 Å². The minimum atomic E-state index is -0.0887. The number of thiophene rings is 1. The lowest BCUT2D eigenvalue weighted by Gasteiger charge is -2.02. The molecule has 0 fully saturated rings. The van der Waals surface area contributed by atoms with Crippen LogP contribution in [-0.2, 0) is 6.42 Å². The van der Waals surface area contributed by atoms with Gasteiger partial charge in [0.2, 0.25) is 0 Å². The summed E-state index contributed by atoms with van der Waals surface area (Å²) in [5.41, 5.74) is 7.11. The summed E-state index contributed by atoms with van der Waals surface area (Å²) in [5, 5.41) is 1.06. The smallest absolute Gasteiger partial charge is 0.197 e. The molecule has 2 aromatic rings. The Morgan fingerprint density at radius 1 is 1.19 bits per heavy atom. The van der Waals surface area contributed by atoms with Gasteiger partial charge >= 0.3 is 0 Å². The van der Waals surface area contributed by atoms with Crippen molar-refractivity contribution in [3.8, 4) is 0 Å². The molecule has 2 nitrogen and oxygen atoms in total. The van der Waals surface area contributed by atoms with Gasteiger partial charge in [0.1, 0.15) is 0 Å². The lowest BCUT2D eigenvalue weighted by atomic mass is 10.0. The number of halogens is 1. The van der Waals surface area contributed by atoms with E-state index >= 15 is 0 Å². The third kappa shape index (κ3) is 4.08. The van der Waals surface area contributed by atoms with E-state index < -0.39 is 0 Å². The fourth-order valence-electron chi connectivity index (χ4n) is 2.27. The second-order valence-corrected chi connectivity index (χ2v) is 6.69. The highest BCUT2D eigenvalue weighted by Crippen LogP contribution is 2.30. The van der Waals surface area contributed by atoms with Gasteiger partial charge in [0.15, 0.2) is 5.78 Å². The molecular formula is C17H20ClNOS. The highest BCUT2D eigenvalue weighted by atomic mass is 35.5. The Bertz CT molecular complexity index is 621. The summed E-state index contributed by atoms with van der Waals surface area (Å²) < 4.78 is 0. The van der Waals surface area contributed by atoms with E-state index in [1.807, 2.05) is 18.2 Å². The molecule has 0 unspecified atom stereocenters. The molecule has 0 radical (unpaired) electrons. The third-order valence-electron chi connectivity index (χ3n) is 3.45. The quantitative estimate of drug-likeness (QED) is 0.552. The van der Waals surface area contributed by atoms with Crippen LogP contribution in [0, 0.1) is 0 Å². The number of nitrogens with two attached hydrogens (primary N) is 1. The van der Waals surface area contributed by atoms with Gasteiger partial charge in [-0.05, 0) is 31.0 Å². The average Bonchev–Trinajstić information content (AvgIpc) is 2.84. The van der Waals surface area contributed by atoms with Crippen molar-refractivity contribution in [3.05, 3.63) is 51.4 Å². The van der Waals surface area contributed by atoms with Crippen molar-refractivity contribution in [1.82, 2.24) is 0 Å². The number of hydrogen-bond donors (Lipinski definition) is 1. The molecule has 0 bridgehead atoms. The second kappa shape index (κ2) is 7.62. The fourth-order valence-corrected chi connectivity index (χ4v) is 3.46. The van der Waals surface area contributed by atoms with Crippen molar-refractivity contribution >= 4 is 33.7 Å². The molecule has 2 N–H and O–H groups in total. The number of anilines is 1. The van der Waals surface area contributed by atoms with E-state index in [1.165, 1.54) is 35.5 Å². The number of carbonyl (C=O) groups is 1. The zero-order valence-corrected chi connectivity index (χ0v) is 13.8. The van der Waals surface area contributed by atoms with Gasteiger partial charge in [-0.2, -0.15) is 0 Å². The molecule has 0 spiro atoms. The lowest BCUT2D eigenvalue weighted by molar-refractivity contribution is 0.104. The number of rotatable bonds is 7. The summed E-state index contributed by atoms with van der Waals surface area (Å²) in [6, 6.07) is 9.02. The molecule has 1 aromatic heterocycles. The van der Waals surface area contributed by atoms with Crippen LogP contribution >= 0.6 is 22.9 Å². The number of unbranched alkanes of at least 4 members (excludes halogenated alkanes) is 3. The molecule has 0 saturated carbocycles. The molecule has 0 atom stereocenters. The number of carbonyl (C=O) groups excluding carboxylic acids is 1. The fraction of sp³-hybridized carbons (Fsp3) is 0.353. The van der Waals surface area contributed by atoms with Gasteiger partial charge in [-0.1, -0.05) is 49.9 Å². The largest absolute Gasteiger partial charge is 0.390 e. The number of ketones is 1. The van der Waals surface area contributed by atoms with E-state index in [0.717, 1.165) is 12.8 Å². The van der Waals surface area contributed by atoms with E-state index in [2.05, 4.69) is 6.92 Å². The van der Waals surface area contributed by atoms with Crippen LogP contribution in [0.15, 0.2) is 30.3 Å². The van der Waals surface area contributed by atoms with Crippen LogP contribution in [0.4, 0.5) is 5.00 Å². The highest BCUT2D eigenvalue weighted by molar-refractivity contribution is 7.16. The predicted octanol–water partition coefficient (Wildman–Crippen LogP) is 5.34. The topological polar surface area (TPSA) is 43.1 Å². The highest BCUT2D eigenvalue weighted by Gasteiger charge is 2.17. The van der Waals surface area contributed by atoms with Crippen molar-refractivity contribution < 1.29 is 4.79 Å². The minimum absolute atomic E-state index is 0.0887. The molecular weight excluding hydrogens is 302 g/mol. The third-order valence-corrected chi connectivity index (χ3v) is 4.81. The zero-order valence-electron chi connectivity index (χ0n) is 12.2. The summed E-state index contributed by atoms with van der Waals surface area (Å²) in [7, 11) is 0. The number of nitrogen functional groups attached to an aromatic ring is 1. The summed E-state index contributed by atoms with van der Waals surface area (Å²) in [4.78, 5) is 13.7. The minimum Gasteiger partial charge on any atom is -0.390 e. The Morgan fingerprint density at radius 2 is 1.95 bits per heavy atom. The first-order chi connectivity index (χ1) is 10.1. The number of hydrogen-bond acceptors (Lipinski definition) is 3. The predicted molar refractivity (Wildman–Crippen MR) is 91.5 cm³/mol. The lowest BCUT2D eigenvalue weighted by Crippen LogP contribution is -2.03. The summed E-state index contributed by atoms with van der Waals surface area (Å²) in [6.07, 6.45) is 5.84. The van der Waals surface area contributed by atoms with E-state index in [4.69, 9.17) is 17.3 Å². The van der Waals surface area contributed by atoms with Crippen molar-refractivity contribution in [1.29, 1.82) is 0 Å². The maximum absolute atomic E-state index is 12.5. The molecule has 0 aliphatic rings. The summed E-state index contributed by atoms with van der Waals surface area (Å²) in [6.45, 7) is 2.20. The van der Waals surface area contributed by atoms with Crippen molar-refractivity contribution in [2.24, 2.45) is 0 Å². The first-order valence-corrected chi connectivity index (χ1v) is 8.50. The Hall–Kier alpha value is -1.32. The van der Waals surface area contributed by atoms with E-state index in [0.29, 0.717) is 21.2 Å². The average molecular weight is 322 g/mol. The van der Waals surface area contributed by atoms with Crippen LogP contribution in [0.5, 0.6) is 0 Å². The molecule has 0 aliphatic heterocycles. The van der Waals surface area contributed by atoms with Crippen LogP contribution in [-0.4, -0.2) is 5.78 Å². The van der Waals surface area contributed by atoms with Gasteiger partial charge in [-0.25, -0.2) is 0 Å². The first-order valence-electron chi connectivity index (χ1n) is 7.31. The normalized spacial score (nSPS) is 10.8. The van der Waals surface area contributed by atoms with Crippen LogP contribution in [0.2, 0.25) is 5.02 Å². The number of aryl methyl sites for hydroxylation is 1. The Morgan fingerprint density at radius 3 is 2.67 bits per heavy atom. The molecule has 1 heterocycles. The Labute approximate surface area is 134 Å². The Kier molecular flexibility index (Phi) is 5.83. The maximum Gasteiger partial charge on any atom is 0.197 e. The van der Waals surface area contributed by atoms with E-state index in [1.54, 1.807) is 12.1 Å². The monoisotopic (exact) mass is 321 g/mol. The van der Waals surface area contributed by atoms with E-state index in [-0.39, 0.29) is 5.78 Å². The molecule has 1 aromatic carbocycles. The number of benzene rings is 1. The van der Waals surface area contributed by atoms with Crippen LogP contribution in [0.25, 0.3) is 0 Å². The van der Waals surface area contributed by atoms with Crippen LogP contribution in [0.3, 0.4) is 0 Å². The molecule has 0 aliphatic carbocycles. The second-order valence-electron chi connectivity index (χ2n) is 5.11. The van der Waals surface area contributed by atoms with Crippen LogP contribution < -0.4 is 5.73 Å². The van der Waals surface area contributed by atoms with Crippen LogP contribution in [0.1, 0.15) is 53.4 Å². The van der Waals surface area contributed by atoms with Crippen molar-refractivity contribution in [2.75, 3.05) is 5.73 Å². The van der Waals surface area contributed by atoms with Gasteiger partial charge in [0, 0.05) is 10.4 Å². The van der Waals surface area contributed by atoms with Gasteiger partial charge in [0.05, 0.1) is 15.6 Å². The van der Waals surface area contributed by atoms with Gasteiger partial charge < -0.3 is 5.73 Å². The molecule has 4 heteroatoms. The maximum atomic E-state index is 12.5. The standard InChI is InChI=1S/C17H20ClNOS/c1-2-3-4-5-8-12-11-14(17(19)21-12)16(20)13-9-6-7-10-15(13)18/h6-7,9-11H,2-5,8,19H2,1H3. The molecule has 21 heavy (non-hydrogen) atoms. The summed E-state index contributed by atoms with van der Waals surface area (Å²) >= 11 is 7.60. The van der Waals surface area contributed by atoms with Gasteiger partial charge in [0.25, 0.3) is 0 Å². The molecule has 2 rings (SSSR count). The van der Waals surface area contributed by atoms with Gasteiger partial charge in [-0.15, -0.1) is 11.3 Å². The summed E-state index contributed by atoms with van der Waals surface area (Å²) in [5.74, 6) is -0.0887. The SMILES string of the molecule is CCCCCCc1cc(C(=O)c2ccccc2Cl)c(N)s1. The first kappa shape index (κ1) is 16.1. The molecule has 0 amide bonds. The van der Waals surface area contributed by atoms with E-state index in [9.17, 15) is 4.79 Å². The zero-order chi connectivity index (χ0) is 15.2. The molecule has 0 saturated heterocycles. The Balaban J connectivity index is 2.12. The van der Waals surface area contributed by atoms with Crippen molar-refractivity contribution in [3.63, 3.8) is 0 Å².